The van der Waals surface area contributed by atoms with Gasteiger partial charge in [-0.2, -0.15) is 0 Å². The van der Waals surface area contributed by atoms with Gasteiger partial charge in [0.05, 0.1) is 19.0 Å². The molecule has 0 bridgehead atoms. The number of methoxy groups -OCH3 is 1. The zero-order valence-corrected chi connectivity index (χ0v) is 11.8. The van der Waals surface area contributed by atoms with Gasteiger partial charge in [-0.05, 0) is 23.6 Å². The molecule has 0 aliphatic rings. The van der Waals surface area contributed by atoms with E-state index >= 15 is 0 Å². The van der Waals surface area contributed by atoms with Crippen LogP contribution in [-0.2, 0) is 6.42 Å². The Balaban J connectivity index is 1.87. The number of hydrogen-bond donors (Lipinski definition) is 0. The van der Waals surface area contributed by atoms with Crippen LogP contribution in [0.1, 0.15) is 15.4 Å². The zero-order chi connectivity index (χ0) is 13.9. The summed E-state index contributed by atoms with van der Waals surface area (Å²) in [5, 5.41) is 2.94. The highest BCUT2D eigenvalue weighted by Gasteiger charge is 2.15. The molecule has 1 aromatic carbocycles. The van der Waals surface area contributed by atoms with Crippen molar-refractivity contribution in [1.29, 1.82) is 0 Å². The van der Waals surface area contributed by atoms with Crippen molar-refractivity contribution < 1.29 is 9.53 Å². The Morgan fingerprint density at radius 1 is 1.20 bits per heavy atom. The Morgan fingerprint density at radius 3 is 2.90 bits per heavy atom. The number of fused-ring (bicyclic) bond motifs is 1. The number of carbonyl (C=O) groups is 1. The van der Waals surface area contributed by atoms with Crippen molar-refractivity contribution in [3.8, 4) is 5.75 Å². The van der Waals surface area contributed by atoms with E-state index in [9.17, 15) is 4.79 Å². The molecule has 3 aromatic rings. The van der Waals surface area contributed by atoms with Gasteiger partial charge in [-0.3, -0.25) is 9.78 Å². The molecule has 0 radical (unpaired) electrons. The molecule has 0 aliphatic carbocycles. The van der Waals surface area contributed by atoms with Crippen molar-refractivity contribution in [1.82, 2.24) is 4.98 Å². The minimum Gasteiger partial charge on any atom is -0.495 e. The van der Waals surface area contributed by atoms with Crippen molar-refractivity contribution in [3.63, 3.8) is 0 Å². The van der Waals surface area contributed by atoms with Crippen LogP contribution in [0.2, 0.25) is 0 Å². The predicted molar refractivity (Wildman–Crippen MR) is 80.6 cm³/mol. The van der Waals surface area contributed by atoms with E-state index in [4.69, 9.17) is 4.74 Å². The van der Waals surface area contributed by atoms with Gasteiger partial charge in [-0.15, -0.1) is 11.3 Å². The number of aromatic nitrogens is 1. The van der Waals surface area contributed by atoms with Crippen LogP contribution < -0.4 is 4.74 Å². The summed E-state index contributed by atoms with van der Waals surface area (Å²) in [6, 6.07) is 13.6. The van der Waals surface area contributed by atoms with Gasteiger partial charge in [0.2, 0.25) is 0 Å². The monoisotopic (exact) mass is 283 g/mol. The van der Waals surface area contributed by atoms with Gasteiger partial charge in [-0.1, -0.05) is 24.3 Å². The molecular formula is C16H13NO2S. The van der Waals surface area contributed by atoms with Crippen LogP contribution in [0.15, 0.2) is 47.8 Å². The highest BCUT2D eigenvalue weighted by atomic mass is 32.1. The second-order valence-electron chi connectivity index (χ2n) is 4.41. The van der Waals surface area contributed by atoms with Crippen LogP contribution in [0.5, 0.6) is 5.75 Å². The topological polar surface area (TPSA) is 39.2 Å². The quantitative estimate of drug-likeness (QED) is 0.685. The number of pyridine rings is 1. The molecule has 3 rings (SSSR count). The summed E-state index contributed by atoms with van der Waals surface area (Å²) in [4.78, 5) is 17.5. The summed E-state index contributed by atoms with van der Waals surface area (Å²) < 4.78 is 5.18. The van der Waals surface area contributed by atoms with Gasteiger partial charge < -0.3 is 4.74 Å². The van der Waals surface area contributed by atoms with Gasteiger partial charge in [-0.25, -0.2) is 0 Å². The molecule has 100 valence electrons. The van der Waals surface area contributed by atoms with E-state index in [2.05, 4.69) is 4.98 Å². The van der Waals surface area contributed by atoms with Crippen molar-refractivity contribution >= 4 is 28.0 Å². The first kappa shape index (κ1) is 12.8. The minimum absolute atomic E-state index is 0.0413. The lowest BCUT2D eigenvalue weighted by molar-refractivity contribution is 0.0993. The smallest absolute Gasteiger partial charge is 0.182 e. The molecule has 2 heterocycles. The first-order chi connectivity index (χ1) is 9.78. The largest absolute Gasteiger partial charge is 0.495 e. The second kappa shape index (κ2) is 5.43. The van der Waals surface area contributed by atoms with Crippen molar-refractivity contribution in [2.75, 3.05) is 7.11 Å². The number of nitrogens with zero attached hydrogens (tertiary/aromatic N) is 1. The second-order valence-corrected chi connectivity index (χ2v) is 5.33. The van der Waals surface area contributed by atoms with E-state index in [1.807, 2.05) is 47.8 Å². The molecule has 0 saturated heterocycles. The van der Waals surface area contributed by atoms with E-state index in [0.29, 0.717) is 17.0 Å². The van der Waals surface area contributed by atoms with E-state index in [1.54, 1.807) is 7.11 Å². The lowest BCUT2D eigenvalue weighted by Gasteiger charge is -2.03. The summed E-state index contributed by atoms with van der Waals surface area (Å²) >= 11 is 1.40. The molecule has 0 fully saturated rings. The fourth-order valence-corrected chi connectivity index (χ4v) is 2.91. The van der Waals surface area contributed by atoms with Crippen LogP contribution in [0, 0.1) is 0 Å². The molecule has 0 unspecified atom stereocenters. The van der Waals surface area contributed by atoms with E-state index in [1.165, 1.54) is 11.3 Å². The third-order valence-electron chi connectivity index (χ3n) is 3.10. The van der Waals surface area contributed by atoms with Gasteiger partial charge in [0.25, 0.3) is 0 Å². The van der Waals surface area contributed by atoms with Crippen molar-refractivity contribution in [3.05, 3.63) is 58.4 Å². The standard InChI is InChI=1S/C16H13NO2S/c1-19-15-8-9-20-16(15)14(18)10-12-7-6-11-4-2-3-5-13(11)17-12/h2-9H,10H2,1H3. The SMILES string of the molecule is COc1ccsc1C(=O)Cc1ccc2ccccc2n1. The molecule has 4 heteroatoms. The average molecular weight is 283 g/mol. The Kier molecular flexibility index (Phi) is 3.48. The number of hydrogen-bond acceptors (Lipinski definition) is 4. The zero-order valence-electron chi connectivity index (χ0n) is 11.0. The molecule has 0 spiro atoms. The number of carbonyl (C=O) groups excluding carboxylic acids is 1. The van der Waals surface area contributed by atoms with E-state index in [-0.39, 0.29) is 5.78 Å². The Morgan fingerprint density at radius 2 is 2.05 bits per heavy atom. The van der Waals surface area contributed by atoms with Crippen LogP contribution in [0.3, 0.4) is 0 Å². The molecule has 20 heavy (non-hydrogen) atoms. The van der Waals surface area contributed by atoms with E-state index < -0.39 is 0 Å². The van der Waals surface area contributed by atoms with Gasteiger partial charge in [0.1, 0.15) is 10.6 Å². The summed E-state index contributed by atoms with van der Waals surface area (Å²) in [6.07, 6.45) is 0.293. The van der Waals surface area contributed by atoms with Crippen LogP contribution in [0.25, 0.3) is 10.9 Å². The molecule has 0 aliphatic heterocycles. The maximum Gasteiger partial charge on any atom is 0.182 e. The van der Waals surface area contributed by atoms with Crippen molar-refractivity contribution in [2.45, 2.75) is 6.42 Å². The lowest BCUT2D eigenvalue weighted by Crippen LogP contribution is -2.04. The summed E-state index contributed by atoms with van der Waals surface area (Å²) in [5.74, 6) is 0.681. The highest BCUT2D eigenvalue weighted by molar-refractivity contribution is 7.12. The van der Waals surface area contributed by atoms with Crippen molar-refractivity contribution in [2.24, 2.45) is 0 Å². The number of para-hydroxylation sites is 1. The average Bonchev–Trinajstić information content (AvgIpc) is 2.95. The highest BCUT2D eigenvalue weighted by Crippen LogP contribution is 2.26. The Hall–Kier alpha value is -2.20. The van der Waals surface area contributed by atoms with Gasteiger partial charge in [0, 0.05) is 11.1 Å². The molecule has 0 saturated carbocycles. The maximum atomic E-state index is 12.3. The normalized spacial score (nSPS) is 10.7. The van der Waals surface area contributed by atoms with Crippen LogP contribution in [-0.4, -0.2) is 17.9 Å². The number of ketones is 1. The maximum absolute atomic E-state index is 12.3. The minimum atomic E-state index is 0.0413. The molecule has 3 nitrogen and oxygen atoms in total. The van der Waals surface area contributed by atoms with Gasteiger partial charge in [0.15, 0.2) is 5.78 Å². The number of ether oxygens (including phenoxy) is 1. The lowest BCUT2D eigenvalue weighted by atomic mass is 10.1. The third-order valence-corrected chi connectivity index (χ3v) is 4.04. The Labute approximate surface area is 120 Å². The fourth-order valence-electron chi connectivity index (χ4n) is 2.11. The number of benzene rings is 1. The summed E-state index contributed by atoms with van der Waals surface area (Å²) in [7, 11) is 1.58. The number of thiophene rings is 1. The molecular weight excluding hydrogens is 270 g/mol. The fraction of sp³-hybridized carbons (Fsp3) is 0.125. The van der Waals surface area contributed by atoms with E-state index in [0.717, 1.165) is 16.6 Å². The first-order valence-corrected chi connectivity index (χ1v) is 7.15. The van der Waals surface area contributed by atoms with Crippen LogP contribution >= 0.6 is 11.3 Å². The summed E-state index contributed by atoms with van der Waals surface area (Å²) in [5.41, 5.74) is 1.69. The molecule has 0 atom stereocenters. The first-order valence-electron chi connectivity index (χ1n) is 6.27. The Bertz CT molecular complexity index is 764. The van der Waals surface area contributed by atoms with Gasteiger partial charge >= 0.3 is 0 Å². The molecule has 0 N–H and O–H groups in total. The predicted octanol–water partition coefficient (Wildman–Crippen LogP) is 3.73. The summed E-state index contributed by atoms with van der Waals surface area (Å²) in [6.45, 7) is 0. The molecule has 0 amide bonds. The molecule has 2 aromatic heterocycles. The number of Topliss-reactive ketones (excluding diaryl/α,β-unsaturated/α-hetero) is 1. The third kappa shape index (κ3) is 2.42. The number of rotatable bonds is 4. The van der Waals surface area contributed by atoms with Crippen LogP contribution in [0.4, 0.5) is 0 Å².